The molecule has 122 valence electrons. The topological polar surface area (TPSA) is 82.2 Å². The number of fused-ring (bicyclic) bond motifs is 1. The Bertz CT molecular complexity index is 947. The van der Waals surface area contributed by atoms with E-state index in [4.69, 9.17) is 0 Å². The summed E-state index contributed by atoms with van der Waals surface area (Å²) in [6.07, 6.45) is 0. The van der Waals surface area contributed by atoms with Gasteiger partial charge in [0.2, 0.25) is 0 Å². The molecule has 1 heterocycles. The molecule has 0 fully saturated rings. The molecule has 3 rings (SSSR count). The summed E-state index contributed by atoms with van der Waals surface area (Å²) in [4.78, 5) is 26.4. The molecule has 0 saturated carbocycles. The van der Waals surface area contributed by atoms with Crippen LogP contribution in [0.3, 0.4) is 0 Å². The van der Waals surface area contributed by atoms with Gasteiger partial charge in [0.1, 0.15) is 11.5 Å². The lowest BCUT2D eigenvalue weighted by Crippen LogP contribution is -2.23. The number of aromatic amines is 1. The lowest BCUT2D eigenvalue weighted by molar-refractivity contribution is 0.0689. The molecule has 5 nitrogen and oxygen atoms in total. The average molecular weight is 326 g/mol. The van der Waals surface area contributed by atoms with Gasteiger partial charge in [-0.05, 0) is 37.3 Å². The van der Waals surface area contributed by atoms with E-state index in [1.807, 2.05) is 13.0 Å². The minimum absolute atomic E-state index is 0.0160. The number of carbonyl (C=O) groups is 2. The van der Waals surface area contributed by atoms with Crippen molar-refractivity contribution in [3.05, 3.63) is 70.7 Å². The number of aromatic nitrogens is 1. The van der Waals surface area contributed by atoms with Gasteiger partial charge in [0, 0.05) is 28.6 Å². The number of amides is 1. The van der Waals surface area contributed by atoms with Crippen LogP contribution in [0.1, 0.15) is 32.0 Å². The SMILES string of the molecule is Cc1cccc(C(=O)NCc2c(C(=O)O)[nH]c3ccc(F)cc23)c1. The van der Waals surface area contributed by atoms with Crippen molar-refractivity contribution in [1.82, 2.24) is 10.3 Å². The maximum Gasteiger partial charge on any atom is 0.352 e. The second-order valence-electron chi connectivity index (χ2n) is 5.53. The Hall–Kier alpha value is -3.15. The van der Waals surface area contributed by atoms with Crippen molar-refractivity contribution in [2.24, 2.45) is 0 Å². The highest BCUT2D eigenvalue weighted by molar-refractivity contribution is 5.98. The largest absolute Gasteiger partial charge is 0.477 e. The molecular weight excluding hydrogens is 311 g/mol. The summed E-state index contributed by atoms with van der Waals surface area (Å²) in [5, 5.41) is 12.4. The average Bonchev–Trinajstić information content (AvgIpc) is 2.90. The predicted octanol–water partition coefficient (Wildman–Crippen LogP) is 3.24. The predicted molar refractivity (Wildman–Crippen MR) is 87.6 cm³/mol. The van der Waals surface area contributed by atoms with E-state index in [2.05, 4.69) is 10.3 Å². The quantitative estimate of drug-likeness (QED) is 0.688. The normalized spacial score (nSPS) is 10.8. The highest BCUT2D eigenvalue weighted by atomic mass is 19.1. The van der Waals surface area contributed by atoms with E-state index >= 15 is 0 Å². The molecule has 24 heavy (non-hydrogen) atoms. The van der Waals surface area contributed by atoms with Crippen molar-refractivity contribution < 1.29 is 19.1 Å². The number of halogens is 1. The molecule has 1 amide bonds. The first-order valence-corrected chi connectivity index (χ1v) is 7.34. The maximum atomic E-state index is 13.5. The fourth-order valence-electron chi connectivity index (χ4n) is 2.64. The zero-order chi connectivity index (χ0) is 17.3. The zero-order valence-electron chi connectivity index (χ0n) is 12.9. The molecule has 0 atom stereocenters. The number of hydrogen-bond donors (Lipinski definition) is 3. The van der Waals surface area contributed by atoms with E-state index in [-0.39, 0.29) is 18.1 Å². The Morgan fingerprint density at radius 3 is 2.71 bits per heavy atom. The second kappa shape index (κ2) is 6.16. The van der Waals surface area contributed by atoms with Gasteiger partial charge in [-0.3, -0.25) is 4.79 Å². The Morgan fingerprint density at radius 2 is 2.00 bits per heavy atom. The number of H-pyrrole nitrogens is 1. The zero-order valence-corrected chi connectivity index (χ0v) is 12.9. The molecule has 0 radical (unpaired) electrons. The number of aromatic carboxylic acids is 1. The summed E-state index contributed by atoms with van der Waals surface area (Å²) >= 11 is 0. The highest BCUT2D eigenvalue weighted by Crippen LogP contribution is 2.23. The number of carbonyl (C=O) groups excluding carboxylic acids is 1. The number of rotatable bonds is 4. The lowest BCUT2D eigenvalue weighted by Gasteiger charge is -2.06. The molecule has 0 aliphatic carbocycles. The van der Waals surface area contributed by atoms with Gasteiger partial charge in [-0.2, -0.15) is 0 Å². The fourth-order valence-corrected chi connectivity index (χ4v) is 2.64. The first kappa shape index (κ1) is 15.7. The smallest absolute Gasteiger partial charge is 0.352 e. The first-order chi connectivity index (χ1) is 11.5. The Morgan fingerprint density at radius 1 is 1.21 bits per heavy atom. The Balaban J connectivity index is 1.91. The van der Waals surface area contributed by atoms with Gasteiger partial charge in [0.25, 0.3) is 5.91 Å². The van der Waals surface area contributed by atoms with Crippen molar-refractivity contribution >= 4 is 22.8 Å². The summed E-state index contributed by atoms with van der Waals surface area (Å²) in [5.41, 5.74) is 2.23. The van der Waals surface area contributed by atoms with Crippen LogP contribution in [0.15, 0.2) is 42.5 Å². The van der Waals surface area contributed by atoms with Crippen LogP contribution in [0.4, 0.5) is 4.39 Å². The monoisotopic (exact) mass is 326 g/mol. The van der Waals surface area contributed by atoms with Gasteiger partial charge in [0.15, 0.2) is 0 Å². The van der Waals surface area contributed by atoms with Crippen LogP contribution in [0, 0.1) is 12.7 Å². The number of nitrogens with one attached hydrogen (secondary N) is 2. The molecule has 6 heteroatoms. The second-order valence-corrected chi connectivity index (χ2v) is 5.53. The third-order valence-electron chi connectivity index (χ3n) is 3.79. The van der Waals surface area contributed by atoms with Gasteiger partial charge in [-0.15, -0.1) is 0 Å². The molecule has 0 spiro atoms. The number of benzene rings is 2. The van der Waals surface area contributed by atoms with Crippen molar-refractivity contribution in [2.75, 3.05) is 0 Å². The van der Waals surface area contributed by atoms with Crippen molar-refractivity contribution in [3.8, 4) is 0 Å². The summed E-state index contributed by atoms with van der Waals surface area (Å²) in [6.45, 7) is 1.86. The van der Waals surface area contributed by atoms with Gasteiger partial charge < -0.3 is 15.4 Å². The van der Waals surface area contributed by atoms with Gasteiger partial charge in [-0.25, -0.2) is 9.18 Å². The molecule has 0 unspecified atom stereocenters. The summed E-state index contributed by atoms with van der Waals surface area (Å²) in [6, 6.07) is 11.0. The van der Waals surface area contributed by atoms with Crippen LogP contribution in [0.2, 0.25) is 0 Å². The Labute approximate surface area is 137 Å². The molecule has 2 aromatic carbocycles. The van der Waals surface area contributed by atoms with Crippen LogP contribution < -0.4 is 5.32 Å². The van der Waals surface area contributed by atoms with E-state index in [9.17, 15) is 19.1 Å². The van der Waals surface area contributed by atoms with E-state index in [0.717, 1.165) is 5.56 Å². The van der Waals surface area contributed by atoms with Crippen molar-refractivity contribution in [2.45, 2.75) is 13.5 Å². The molecule has 0 bridgehead atoms. The number of carboxylic acid groups (broad SMARTS) is 1. The maximum absolute atomic E-state index is 13.5. The molecular formula is C18H15FN2O3. The third kappa shape index (κ3) is 2.99. The summed E-state index contributed by atoms with van der Waals surface area (Å²) in [7, 11) is 0. The fraction of sp³-hybridized carbons (Fsp3) is 0.111. The molecule has 3 N–H and O–H groups in total. The standard InChI is InChI=1S/C18H15FN2O3/c1-10-3-2-4-11(7-10)17(22)20-9-14-13-8-12(19)5-6-15(13)21-16(14)18(23)24/h2-8,21H,9H2,1H3,(H,20,22)(H,23,24). The number of carboxylic acids is 1. The minimum Gasteiger partial charge on any atom is -0.477 e. The van der Waals surface area contributed by atoms with E-state index in [1.54, 1.807) is 18.2 Å². The molecule has 0 aliphatic heterocycles. The van der Waals surface area contributed by atoms with Gasteiger partial charge in [0.05, 0.1) is 0 Å². The van der Waals surface area contributed by atoms with Gasteiger partial charge in [-0.1, -0.05) is 17.7 Å². The van der Waals surface area contributed by atoms with Gasteiger partial charge >= 0.3 is 5.97 Å². The number of hydrogen-bond acceptors (Lipinski definition) is 2. The molecule has 3 aromatic rings. The number of aryl methyl sites for hydroxylation is 1. The van der Waals surface area contributed by atoms with Crippen LogP contribution in [-0.2, 0) is 6.54 Å². The third-order valence-corrected chi connectivity index (χ3v) is 3.79. The Kier molecular flexibility index (Phi) is 4.04. The van der Waals surface area contributed by atoms with E-state index in [1.165, 1.54) is 18.2 Å². The van der Waals surface area contributed by atoms with Crippen LogP contribution >= 0.6 is 0 Å². The first-order valence-electron chi connectivity index (χ1n) is 7.34. The van der Waals surface area contributed by atoms with E-state index in [0.29, 0.717) is 22.0 Å². The minimum atomic E-state index is -1.16. The molecule has 0 saturated heterocycles. The molecule has 0 aliphatic rings. The summed E-state index contributed by atoms with van der Waals surface area (Å²) in [5.74, 6) is -1.95. The van der Waals surface area contributed by atoms with Crippen molar-refractivity contribution in [1.29, 1.82) is 0 Å². The van der Waals surface area contributed by atoms with Crippen LogP contribution in [0.5, 0.6) is 0 Å². The highest BCUT2D eigenvalue weighted by Gasteiger charge is 2.18. The molecule has 1 aromatic heterocycles. The summed E-state index contributed by atoms with van der Waals surface area (Å²) < 4.78 is 13.5. The van der Waals surface area contributed by atoms with Crippen LogP contribution in [-0.4, -0.2) is 22.0 Å². The van der Waals surface area contributed by atoms with E-state index < -0.39 is 11.8 Å². The van der Waals surface area contributed by atoms with Crippen LogP contribution in [0.25, 0.3) is 10.9 Å². The van der Waals surface area contributed by atoms with Crippen molar-refractivity contribution in [3.63, 3.8) is 0 Å². The lowest BCUT2D eigenvalue weighted by atomic mass is 10.1.